The van der Waals surface area contributed by atoms with Crippen LogP contribution in [0.2, 0.25) is 0 Å². The van der Waals surface area contributed by atoms with E-state index < -0.39 is 15.6 Å². The summed E-state index contributed by atoms with van der Waals surface area (Å²) in [6, 6.07) is -0.310. The standard InChI is InChI=1S/C8H16N2O3S/c1-2-10-8(3-4-13-6-8)7(9)5-14(10,11)12/h7H,2-6,9H2,1H3. The van der Waals surface area contributed by atoms with Crippen LogP contribution >= 0.6 is 0 Å². The second-order valence-electron chi connectivity index (χ2n) is 3.96. The molecule has 0 saturated carbocycles. The molecule has 0 aromatic heterocycles. The second-order valence-corrected chi connectivity index (χ2v) is 5.89. The van der Waals surface area contributed by atoms with Gasteiger partial charge in [-0.1, -0.05) is 6.92 Å². The van der Waals surface area contributed by atoms with Crippen molar-refractivity contribution in [2.75, 3.05) is 25.5 Å². The van der Waals surface area contributed by atoms with Crippen LogP contribution in [-0.4, -0.2) is 49.8 Å². The van der Waals surface area contributed by atoms with E-state index in [0.29, 0.717) is 19.8 Å². The van der Waals surface area contributed by atoms with Crippen LogP contribution in [0.25, 0.3) is 0 Å². The fourth-order valence-corrected chi connectivity index (χ4v) is 4.68. The van der Waals surface area contributed by atoms with Crippen molar-refractivity contribution in [3.8, 4) is 0 Å². The molecular formula is C8H16N2O3S. The van der Waals surface area contributed by atoms with Gasteiger partial charge in [-0.3, -0.25) is 0 Å². The van der Waals surface area contributed by atoms with E-state index in [1.807, 2.05) is 6.92 Å². The Labute approximate surface area is 84.3 Å². The molecule has 2 fully saturated rings. The van der Waals surface area contributed by atoms with Crippen LogP contribution in [-0.2, 0) is 14.8 Å². The van der Waals surface area contributed by atoms with Gasteiger partial charge in [-0.15, -0.1) is 0 Å². The maximum absolute atomic E-state index is 11.8. The van der Waals surface area contributed by atoms with Gasteiger partial charge in [-0.25, -0.2) is 8.42 Å². The predicted molar refractivity (Wildman–Crippen MR) is 52.3 cm³/mol. The van der Waals surface area contributed by atoms with Crippen LogP contribution in [0.15, 0.2) is 0 Å². The van der Waals surface area contributed by atoms with Crippen molar-refractivity contribution in [2.24, 2.45) is 5.73 Å². The molecule has 2 aliphatic rings. The molecule has 2 atom stereocenters. The van der Waals surface area contributed by atoms with E-state index in [0.717, 1.165) is 6.42 Å². The lowest BCUT2D eigenvalue weighted by molar-refractivity contribution is 0.126. The monoisotopic (exact) mass is 220 g/mol. The molecule has 2 unspecified atom stereocenters. The van der Waals surface area contributed by atoms with Crippen LogP contribution in [0.1, 0.15) is 13.3 Å². The molecule has 5 nitrogen and oxygen atoms in total. The second kappa shape index (κ2) is 3.16. The summed E-state index contributed by atoms with van der Waals surface area (Å²) in [7, 11) is -3.15. The third kappa shape index (κ3) is 1.21. The minimum atomic E-state index is -3.15. The zero-order valence-electron chi connectivity index (χ0n) is 8.27. The topological polar surface area (TPSA) is 72.6 Å². The summed E-state index contributed by atoms with van der Waals surface area (Å²) in [5.74, 6) is 0.0597. The van der Waals surface area contributed by atoms with Crippen molar-refractivity contribution in [3.63, 3.8) is 0 Å². The first kappa shape index (κ1) is 10.4. The number of likely N-dealkylation sites (N-methyl/N-ethyl adjacent to an activating group) is 1. The van der Waals surface area contributed by atoms with Crippen LogP contribution in [0.5, 0.6) is 0 Å². The first-order chi connectivity index (χ1) is 6.53. The summed E-state index contributed by atoms with van der Waals surface area (Å²) < 4.78 is 30.3. The fourth-order valence-electron chi connectivity index (χ4n) is 2.50. The number of rotatable bonds is 1. The van der Waals surface area contributed by atoms with Crippen molar-refractivity contribution in [1.82, 2.24) is 4.31 Å². The first-order valence-corrected chi connectivity index (χ1v) is 6.48. The van der Waals surface area contributed by atoms with Crippen LogP contribution in [0, 0.1) is 0 Å². The van der Waals surface area contributed by atoms with Gasteiger partial charge in [-0.05, 0) is 6.42 Å². The Morgan fingerprint density at radius 2 is 2.36 bits per heavy atom. The summed E-state index contributed by atoms with van der Waals surface area (Å²) in [6.45, 7) is 3.38. The number of sulfonamides is 1. The van der Waals surface area contributed by atoms with Gasteiger partial charge in [0.2, 0.25) is 10.0 Å². The Hall–Kier alpha value is -0.170. The molecule has 2 heterocycles. The highest BCUT2D eigenvalue weighted by Gasteiger charge is 2.56. The number of nitrogens with two attached hydrogens (primary N) is 1. The van der Waals surface area contributed by atoms with Crippen molar-refractivity contribution in [1.29, 1.82) is 0 Å². The zero-order valence-corrected chi connectivity index (χ0v) is 9.09. The predicted octanol–water partition coefficient (Wildman–Crippen LogP) is -0.862. The lowest BCUT2D eigenvalue weighted by atomic mass is 9.91. The van der Waals surface area contributed by atoms with Crippen molar-refractivity contribution < 1.29 is 13.2 Å². The molecule has 2 aliphatic heterocycles. The van der Waals surface area contributed by atoms with E-state index in [1.165, 1.54) is 4.31 Å². The van der Waals surface area contributed by atoms with Crippen LogP contribution in [0.3, 0.4) is 0 Å². The minimum Gasteiger partial charge on any atom is -0.379 e. The molecular weight excluding hydrogens is 204 g/mol. The lowest BCUT2D eigenvalue weighted by Crippen LogP contribution is -2.55. The van der Waals surface area contributed by atoms with Gasteiger partial charge >= 0.3 is 0 Å². The van der Waals surface area contributed by atoms with Crippen molar-refractivity contribution >= 4 is 10.0 Å². The summed E-state index contributed by atoms with van der Waals surface area (Å²) in [4.78, 5) is 0. The molecule has 0 bridgehead atoms. The molecule has 1 spiro atoms. The Bertz CT molecular complexity index is 321. The van der Waals surface area contributed by atoms with Crippen LogP contribution in [0.4, 0.5) is 0 Å². The van der Waals surface area contributed by atoms with E-state index in [9.17, 15) is 8.42 Å². The molecule has 6 heteroatoms. The average Bonchev–Trinajstić information content (AvgIpc) is 2.59. The van der Waals surface area contributed by atoms with Gasteiger partial charge < -0.3 is 10.5 Å². The maximum Gasteiger partial charge on any atom is 0.216 e. The van der Waals surface area contributed by atoms with Gasteiger partial charge in [0.05, 0.1) is 17.9 Å². The zero-order chi connectivity index (χ0) is 10.4. The maximum atomic E-state index is 11.8. The third-order valence-corrected chi connectivity index (χ3v) is 5.31. The largest absolute Gasteiger partial charge is 0.379 e. The van der Waals surface area contributed by atoms with Crippen molar-refractivity contribution in [2.45, 2.75) is 24.9 Å². The molecule has 14 heavy (non-hydrogen) atoms. The summed E-state index contributed by atoms with van der Waals surface area (Å²) in [5, 5.41) is 0. The fraction of sp³-hybridized carbons (Fsp3) is 1.00. The van der Waals surface area contributed by atoms with Gasteiger partial charge in [0.1, 0.15) is 0 Å². The highest BCUT2D eigenvalue weighted by molar-refractivity contribution is 7.89. The number of nitrogens with zero attached hydrogens (tertiary/aromatic N) is 1. The van der Waals surface area contributed by atoms with E-state index >= 15 is 0 Å². The SMILES string of the molecule is CCN1C2(CCOC2)C(N)CS1(=O)=O. The van der Waals surface area contributed by atoms with E-state index in [-0.39, 0.29) is 11.8 Å². The molecule has 0 radical (unpaired) electrons. The smallest absolute Gasteiger partial charge is 0.216 e. The highest BCUT2D eigenvalue weighted by Crippen LogP contribution is 2.37. The third-order valence-electron chi connectivity index (χ3n) is 3.23. The molecule has 0 amide bonds. The number of hydrogen-bond donors (Lipinski definition) is 1. The van der Waals surface area contributed by atoms with Gasteiger partial charge in [-0.2, -0.15) is 4.31 Å². The Morgan fingerprint density at radius 3 is 2.86 bits per heavy atom. The number of ether oxygens (including phenoxy) is 1. The summed E-state index contributed by atoms with van der Waals surface area (Å²) in [5.41, 5.74) is 5.46. The van der Waals surface area contributed by atoms with Gasteiger partial charge in [0.15, 0.2) is 0 Å². The van der Waals surface area contributed by atoms with Crippen LogP contribution < -0.4 is 5.73 Å². The van der Waals surface area contributed by atoms with Gasteiger partial charge in [0, 0.05) is 19.2 Å². The quantitative estimate of drug-likeness (QED) is 0.624. The molecule has 2 N–H and O–H groups in total. The Balaban J connectivity index is 2.40. The molecule has 2 rings (SSSR count). The molecule has 82 valence electrons. The molecule has 0 aliphatic carbocycles. The molecule has 2 saturated heterocycles. The molecule has 0 aromatic rings. The normalized spacial score (nSPS) is 42.3. The number of hydrogen-bond acceptors (Lipinski definition) is 4. The minimum absolute atomic E-state index is 0.0597. The lowest BCUT2D eigenvalue weighted by Gasteiger charge is -2.33. The van der Waals surface area contributed by atoms with Crippen molar-refractivity contribution in [3.05, 3.63) is 0 Å². The first-order valence-electron chi connectivity index (χ1n) is 4.87. The van der Waals surface area contributed by atoms with E-state index in [1.54, 1.807) is 0 Å². The Kier molecular flexibility index (Phi) is 2.34. The summed E-state index contributed by atoms with van der Waals surface area (Å²) >= 11 is 0. The van der Waals surface area contributed by atoms with E-state index in [4.69, 9.17) is 10.5 Å². The average molecular weight is 220 g/mol. The molecule has 0 aromatic carbocycles. The highest BCUT2D eigenvalue weighted by atomic mass is 32.2. The van der Waals surface area contributed by atoms with Gasteiger partial charge in [0.25, 0.3) is 0 Å². The summed E-state index contributed by atoms with van der Waals surface area (Å²) in [6.07, 6.45) is 0.723. The Morgan fingerprint density at radius 1 is 1.64 bits per heavy atom. The van der Waals surface area contributed by atoms with E-state index in [2.05, 4.69) is 0 Å².